The van der Waals surface area contributed by atoms with Crippen LogP contribution in [0.1, 0.15) is 57.1 Å². The van der Waals surface area contributed by atoms with Crippen molar-refractivity contribution in [2.24, 2.45) is 5.92 Å². The van der Waals surface area contributed by atoms with Gasteiger partial charge in [-0.25, -0.2) is 0 Å². The first-order chi connectivity index (χ1) is 13.7. The highest BCUT2D eigenvalue weighted by atomic mass is 16.2. The average molecular weight is 386 g/mol. The Balaban J connectivity index is 1.52. The first kappa shape index (κ1) is 21.3. The van der Waals surface area contributed by atoms with E-state index in [2.05, 4.69) is 47.9 Å². The maximum Gasteiger partial charge on any atom is 0.226 e. The Morgan fingerprint density at radius 2 is 1.71 bits per heavy atom. The molecule has 0 bridgehead atoms. The summed E-state index contributed by atoms with van der Waals surface area (Å²) in [6.45, 7) is 12.5. The molecule has 2 aliphatic heterocycles. The standard InChI is InChI=1S/C24H39N3O/c1-3-27(4-2)24(28)23-12-9-16-26(20-23)19-22-11-8-10-21(18-22)13-17-25-14-6-5-7-15-25/h8,10-11,18,23H,3-7,9,12-17,19-20H2,1-2H3. The van der Waals surface area contributed by atoms with Crippen molar-refractivity contribution in [3.8, 4) is 0 Å². The van der Waals surface area contributed by atoms with Crippen LogP contribution in [-0.4, -0.2) is 66.4 Å². The van der Waals surface area contributed by atoms with Crippen LogP contribution in [0.3, 0.4) is 0 Å². The second kappa shape index (κ2) is 11.0. The summed E-state index contributed by atoms with van der Waals surface area (Å²) in [5, 5.41) is 0. The van der Waals surface area contributed by atoms with Crippen molar-refractivity contribution in [2.75, 3.05) is 45.8 Å². The minimum absolute atomic E-state index is 0.177. The van der Waals surface area contributed by atoms with Gasteiger partial charge in [-0.3, -0.25) is 9.69 Å². The normalized spacial score (nSPS) is 21.6. The Kier molecular flexibility index (Phi) is 8.35. The van der Waals surface area contributed by atoms with Crippen LogP contribution in [0.25, 0.3) is 0 Å². The number of nitrogens with zero attached hydrogens (tertiary/aromatic N) is 3. The molecule has 0 aliphatic carbocycles. The predicted octanol–water partition coefficient (Wildman–Crippen LogP) is 3.80. The second-order valence-corrected chi connectivity index (χ2v) is 8.56. The molecule has 3 rings (SSSR count). The fourth-order valence-corrected chi connectivity index (χ4v) is 4.81. The van der Waals surface area contributed by atoms with Gasteiger partial charge < -0.3 is 9.80 Å². The highest BCUT2D eigenvalue weighted by Gasteiger charge is 2.28. The maximum atomic E-state index is 12.7. The molecule has 4 heteroatoms. The van der Waals surface area contributed by atoms with Crippen molar-refractivity contribution in [1.29, 1.82) is 0 Å². The predicted molar refractivity (Wildman–Crippen MR) is 116 cm³/mol. The molecular weight excluding hydrogens is 346 g/mol. The van der Waals surface area contributed by atoms with Crippen molar-refractivity contribution in [3.63, 3.8) is 0 Å². The zero-order chi connectivity index (χ0) is 19.8. The quantitative estimate of drug-likeness (QED) is 0.681. The Morgan fingerprint density at radius 3 is 2.46 bits per heavy atom. The van der Waals surface area contributed by atoms with Crippen molar-refractivity contribution < 1.29 is 4.79 Å². The van der Waals surface area contributed by atoms with Crippen molar-refractivity contribution >= 4 is 5.91 Å². The van der Waals surface area contributed by atoms with Crippen LogP contribution in [0.4, 0.5) is 0 Å². The lowest BCUT2D eigenvalue weighted by molar-refractivity contribution is -0.137. The van der Waals surface area contributed by atoms with E-state index < -0.39 is 0 Å². The smallest absolute Gasteiger partial charge is 0.226 e. The number of carbonyl (C=O) groups excluding carboxylic acids is 1. The molecule has 1 aromatic carbocycles. The lowest BCUT2D eigenvalue weighted by Crippen LogP contribution is -2.44. The SMILES string of the molecule is CCN(CC)C(=O)C1CCCN(Cc2cccc(CCN3CCCCC3)c2)C1. The molecule has 0 saturated carbocycles. The molecule has 28 heavy (non-hydrogen) atoms. The molecule has 2 fully saturated rings. The molecule has 1 aromatic rings. The molecule has 156 valence electrons. The third-order valence-corrected chi connectivity index (χ3v) is 6.49. The van der Waals surface area contributed by atoms with Crippen LogP contribution >= 0.6 is 0 Å². The van der Waals surface area contributed by atoms with Gasteiger partial charge in [-0.05, 0) is 76.7 Å². The molecule has 4 nitrogen and oxygen atoms in total. The molecule has 1 atom stereocenters. The van der Waals surface area contributed by atoms with E-state index in [0.29, 0.717) is 5.91 Å². The lowest BCUT2D eigenvalue weighted by atomic mass is 9.95. The largest absolute Gasteiger partial charge is 0.343 e. The number of hydrogen-bond acceptors (Lipinski definition) is 3. The van der Waals surface area contributed by atoms with Gasteiger partial charge in [0.25, 0.3) is 0 Å². The van der Waals surface area contributed by atoms with Gasteiger partial charge in [-0.2, -0.15) is 0 Å². The topological polar surface area (TPSA) is 26.8 Å². The Hall–Kier alpha value is -1.39. The zero-order valence-electron chi connectivity index (χ0n) is 18.0. The Bertz CT molecular complexity index is 608. The first-order valence-electron chi connectivity index (χ1n) is 11.5. The van der Waals surface area contributed by atoms with Crippen LogP contribution in [0, 0.1) is 5.92 Å². The monoisotopic (exact) mass is 385 g/mol. The summed E-state index contributed by atoms with van der Waals surface area (Å²) < 4.78 is 0. The third-order valence-electron chi connectivity index (χ3n) is 6.49. The summed E-state index contributed by atoms with van der Waals surface area (Å²) in [7, 11) is 0. The number of piperidine rings is 2. The first-order valence-corrected chi connectivity index (χ1v) is 11.5. The van der Waals surface area contributed by atoms with E-state index in [1.165, 1.54) is 50.0 Å². The molecule has 0 aromatic heterocycles. The second-order valence-electron chi connectivity index (χ2n) is 8.56. The van der Waals surface area contributed by atoms with E-state index in [1.807, 2.05) is 4.90 Å². The van der Waals surface area contributed by atoms with E-state index in [-0.39, 0.29) is 5.92 Å². The van der Waals surface area contributed by atoms with Gasteiger partial charge in [-0.15, -0.1) is 0 Å². The minimum atomic E-state index is 0.177. The van der Waals surface area contributed by atoms with Crippen LogP contribution in [0.15, 0.2) is 24.3 Å². The Labute approximate surface area is 171 Å². The summed E-state index contributed by atoms with van der Waals surface area (Å²) in [5.74, 6) is 0.529. The molecule has 2 saturated heterocycles. The average Bonchev–Trinajstić information content (AvgIpc) is 2.74. The minimum Gasteiger partial charge on any atom is -0.343 e. The molecule has 0 spiro atoms. The number of hydrogen-bond donors (Lipinski definition) is 0. The van der Waals surface area contributed by atoms with Gasteiger partial charge in [0.05, 0.1) is 5.92 Å². The van der Waals surface area contributed by atoms with Crippen LogP contribution in [-0.2, 0) is 17.8 Å². The molecule has 2 heterocycles. The molecule has 0 radical (unpaired) electrons. The third kappa shape index (κ3) is 6.05. The number of carbonyl (C=O) groups is 1. The van der Waals surface area contributed by atoms with Crippen LogP contribution < -0.4 is 0 Å². The van der Waals surface area contributed by atoms with Crippen molar-refractivity contribution in [2.45, 2.75) is 58.9 Å². The van der Waals surface area contributed by atoms with E-state index in [9.17, 15) is 4.79 Å². The van der Waals surface area contributed by atoms with Crippen molar-refractivity contribution in [3.05, 3.63) is 35.4 Å². The maximum absolute atomic E-state index is 12.7. The number of amides is 1. The van der Waals surface area contributed by atoms with Crippen LogP contribution in [0.2, 0.25) is 0 Å². The number of rotatable bonds is 8. The number of benzene rings is 1. The van der Waals surface area contributed by atoms with Crippen LogP contribution in [0.5, 0.6) is 0 Å². The van der Waals surface area contributed by atoms with Gasteiger partial charge in [0.15, 0.2) is 0 Å². The lowest BCUT2D eigenvalue weighted by Gasteiger charge is -2.34. The van der Waals surface area contributed by atoms with E-state index in [4.69, 9.17) is 0 Å². The summed E-state index contributed by atoms with van der Waals surface area (Å²) >= 11 is 0. The number of likely N-dealkylation sites (tertiary alicyclic amines) is 2. The fraction of sp³-hybridized carbons (Fsp3) is 0.708. The molecule has 1 unspecified atom stereocenters. The highest BCUT2D eigenvalue weighted by molar-refractivity contribution is 5.79. The zero-order valence-corrected chi connectivity index (χ0v) is 18.0. The van der Waals surface area contributed by atoms with E-state index >= 15 is 0 Å². The highest BCUT2D eigenvalue weighted by Crippen LogP contribution is 2.21. The van der Waals surface area contributed by atoms with Gasteiger partial charge in [-0.1, -0.05) is 30.7 Å². The van der Waals surface area contributed by atoms with Gasteiger partial charge >= 0.3 is 0 Å². The van der Waals surface area contributed by atoms with E-state index in [0.717, 1.165) is 52.0 Å². The Morgan fingerprint density at radius 1 is 1.00 bits per heavy atom. The summed E-state index contributed by atoms with van der Waals surface area (Å²) in [6.07, 6.45) is 7.45. The summed E-state index contributed by atoms with van der Waals surface area (Å²) in [5.41, 5.74) is 2.85. The van der Waals surface area contributed by atoms with Gasteiger partial charge in [0, 0.05) is 32.7 Å². The van der Waals surface area contributed by atoms with Gasteiger partial charge in [0.2, 0.25) is 5.91 Å². The molecule has 1 amide bonds. The van der Waals surface area contributed by atoms with Crippen molar-refractivity contribution in [1.82, 2.24) is 14.7 Å². The molecular formula is C24H39N3O. The summed E-state index contributed by atoms with van der Waals surface area (Å²) in [6, 6.07) is 9.12. The fourth-order valence-electron chi connectivity index (χ4n) is 4.81. The van der Waals surface area contributed by atoms with E-state index in [1.54, 1.807) is 0 Å². The van der Waals surface area contributed by atoms with Gasteiger partial charge in [0.1, 0.15) is 0 Å². The molecule has 0 N–H and O–H groups in total. The molecule has 2 aliphatic rings. The summed E-state index contributed by atoms with van der Waals surface area (Å²) in [4.78, 5) is 19.8.